The number of carbonyl (C=O) groups excluding carboxylic acids is 1. The predicted molar refractivity (Wildman–Crippen MR) is 71.8 cm³/mol. The summed E-state index contributed by atoms with van der Waals surface area (Å²) in [5, 5.41) is 20.0. The van der Waals surface area contributed by atoms with E-state index in [0.717, 1.165) is 18.9 Å². The monoisotopic (exact) mass is 290 g/mol. The highest BCUT2D eigenvalue weighted by Crippen LogP contribution is 2.40. The van der Waals surface area contributed by atoms with E-state index < -0.39 is 16.3 Å². The average molecular weight is 290 g/mol. The number of hydrogen-bond donors (Lipinski definition) is 0. The second kappa shape index (κ2) is 5.79. The number of nitro groups is 1. The van der Waals surface area contributed by atoms with E-state index in [1.165, 1.54) is 19.2 Å². The SMILES string of the molecule is COc1ccc([N+](=O)[O-])cc1OC(=O)C1(C#N)CCCC1. The molecule has 1 aliphatic carbocycles. The molecule has 7 nitrogen and oxygen atoms in total. The molecule has 1 aromatic rings. The largest absolute Gasteiger partial charge is 0.493 e. The second-order valence-corrected chi connectivity index (χ2v) is 4.88. The zero-order chi connectivity index (χ0) is 15.5. The van der Waals surface area contributed by atoms with Crippen molar-refractivity contribution in [3.05, 3.63) is 28.3 Å². The molecule has 1 fully saturated rings. The zero-order valence-electron chi connectivity index (χ0n) is 11.5. The first kappa shape index (κ1) is 14.8. The highest BCUT2D eigenvalue weighted by atomic mass is 16.6. The van der Waals surface area contributed by atoms with E-state index in [1.807, 2.05) is 6.07 Å². The molecular formula is C14H14N2O5. The van der Waals surface area contributed by atoms with Crippen LogP contribution < -0.4 is 9.47 Å². The van der Waals surface area contributed by atoms with Crippen LogP contribution in [0.25, 0.3) is 0 Å². The van der Waals surface area contributed by atoms with Crippen LogP contribution in [0.15, 0.2) is 18.2 Å². The minimum Gasteiger partial charge on any atom is -0.493 e. The predicted octanol–water partition coefficient (Wildman–Crippen LogP) is 2.59. The first-order valence-corrected chi connectivity index (χ1v) is 6.48. The third-order valence-corrected chi connectivity index (χ3v) is 3.62. The quantitative estimate of drug-likeness (QED) is 0.365. The maximum Gasteiger partial charge on any atom is 0.332 e. The summed E-state index contributed by atoms with van der Waals surface area (Å²) in [6, 6.07) is 5.76. The van der Waals surface area contributed by atoms with Gasteiger partial charge in [-0.15, -0.1) is 0 Å². The van der Waals surface area contributed by atoms with Crippen molar-refractivity contribution in [1.29, 1.82) is 5.26 Å². The molecule has 110 valence electrons. The maximum absolute atomic E-state index is 12.2. The molecule has 21 heavy (non-hydrogen) atoms. The minimum atomic E-state index is -1.16. The van der Waals surface area contributed by atoms with E-state index in [0.29, 0.717) is 12.8 Å². The van der Waals surface area contributed by atoms with E-state index in [1.54, 1.807) is 0 Å². The lowest BCUT2D eigenvalue weighted by Gasteiger charge is -2.18. The Morgan fingerprint density at radius 3 is 2.57 bits per heavy atom. The number of carbonyl (C=O) groups is 1. The van der Waals surface area contributed by atoms with Gasteiger partial charge in [0.15, 0.2) is 16.9 Å². The summed E-state index contributed by atoms with van der Waals surface area (Å²) >= 11 is 0. The van der Waals surface area contributed by atoms with Gasteiger partial charge in [0, 0.05) is 6.07 Å². The van der Waals surface area contributed by atoms with E-state index in [9.17, 15) is 20.2 Å². The average Bonchev–Trinajstić information content (AvgIpc) is 2.97. The smallest absolute Gasteiger partial charge is 0.332 e. The molecule has 1 saturated carbocycles. The van der Waals surface area contributed by atoms with E-state index in [2.05, 4.69) is 0 Å². The summed E-state index contributed by atoms with van der Waals surface area (Å²) in [4.78, 5) is 22.4. The molecule has 0 aliphatic heterocycles. The number of hydrogen-bond acceptors (Lipinski definition) is 6. The Morgan fingerprint density at radius 1 is 1.38 bits per heavy atom. The molecule has 1 aromatic carbocycles. The van der Waals surface area contributed by atoms with E-state index in [-0.39, 0.29) is 17.2 Å². The van der Waals surface area contributed by atoms with Crippen LogP contribution in [-0.4, -0.2) is 18.0 Å². The molecule has 2 rings (SSSR count). The highest BCUT2D eigenvalue weighted by Gasteiger charge is 2.43. The Balaban J connectivity index is 2.30. The Morgan fingerprint density at radius 2 is 2.05 bits per heavy atom. The summed E-state index contributed by atoms with van der Waals surface area (Å²) in [5.74, 6) is -0.514. The summed E-state index contributed by atoms with van der Waals surface area (Å²) in [5.41, 5.74) is -1.37. The minimum absolute atomic E-state index is 0.0433. The van der Waals surface area contributed by atoms with Crippen LogP contribution in [-0.2, 0) is 4.79 Å². The van der Waals surface area contributed by atoms with Crippen molar-refractivity contribution in [3.63, 3.8) is 0 Å². The number of rotatable bonds is 4. The molecule has 0 radical (unpaired) electrons. The first-order valence-electron chi connectivity index (χ1n) is 6.48. The fourth-order valence-electron chi connectivity index (χ4n) is 2.40. The molecule has 0 heterocycles. The van der Waals surface area contributed by atoms with Crippen LogP contribution in [0.4, 0.5) is 5.69 Å². The lowest BCUT2D eigenvalue weighted by Crippen LogP contribution is -2.30. The van der Waals surface area contributed by atoms with Gasteiger partial charge in [0.05, 0.1) is 24.2 Å². The topological polar surface area (TPSA) is 102 Å². The number of methoxy groups -OCH3 is 1. The number of nitriles is 1. The fourth-order valence-corrected chi connectivity index (χ4v) is 2.40. The van der Waals surface area contributed by atoms with Crippen LogP contribution in [0.3, 0.4) is 0 Å². The van der Waals surface area contributed by atoms with Crippen LogP contribution in [0.1, 0.15) is 25.7 Å². The van der Waals surface area contributed by atoms with Gasteiger partial charge in [0.1, 0.15) is 0 Å². The summed E-state index contributed by atoms with van der Waals surface area (Å²) in [6.07, 6.45) is 2.46. The number of nitrogens with zero attached hydrogens (tertiary/aromatic N) is 2. The zero-order valence-corrected chi connectivity index (χ0v) is 11.5. The number of nitro benzene ring substituents is 1. The molecule has 0 saturated heterocycles. The van der Waals surface area contributed by atoms with Gasteiger partial charge in [-0.3, -0.25) is 10.1 Å². The molecule has 7 heteroatoms. The Kier molecular flexibility index (Phi) is 4.08. The molecule has 0 atom stereocenters. The lowest BCUT2D eigenvalue weighted by molar-refractivity contribution is -0.384. The van der Waals surface area contributed by atoms with Crippen LogP contribution in [0.5, 0.6) is 11.5 Å². The maximum atomic E-state index is 12.2. The molecule has 0 amide bonds. The Labute approximate surface area is 121 Å². The van der Waals surface area contributed by atoms with Crippen molar-refractivity contribution in [2.24, 2.45) is 5.41 Å². The molecule has 0 N–H and O–H groups in total. The van der Waals surface area contributed by atoms with Crippen LogP contribution in [0, 0.1) is 26.9 Å². The fraction of sp³-hybridized carbons (Fsp3) is 0.429. The van der Waals surface area contributed by atoms with Gasteiger partial charge < -0.3 is 9.47 Å². The number of benzene rings is 1. The summed E-state index contributed by atoms with van der Waals surface area (Å²) in [7, 11) is 1.37. The Bertz CT molecular complexity index is 614. The third kappa shape index (κ3) is 2.79. The van der Waals surface area contributed by atoms with Crippen LogP contribution >= 0.6 is 0 Å². The van der Waals surface area contributed by atoms with E-state index >= 15 is 0 Å². The molecular weight excluding hydrogens is 276 g/mol. The summed E-state index contributed by atoms with van der Waals surface area (Å²) < 4.78 is 10.2. The van der Waals surface area contributed by atoms with Crippen molar-refractivity contribution < 1.29 is 19.2 Å². The van der Waals surface area contributed by atoms with Crippen molar-refractivity contribution in [3.8, 4) is 17.6 Å². The van der Waals surface area contributed by atoms with Gasteiger partial charge in [-0.2, -0.15) is 5.26 Å². The standard InChI is InChI=1S/C14H14N2O5/c1-20-11-5-4-10(16(18)19)8-12(11)21-13(17)14(9-15)6-2-3-7-14/h4-5,8H,2-3,6-7H2,1H3. The van der Waals surface area contributed by atoms with Gasteiger partial charge in [0.25, 0.3) is 5.69 Å². The van der Waals surface area contributed by atoms with Gasteiger partial charge in [-0.25, -0.2) is 4.79 Å². The van der Waals surface area contributed by atoms with Gasteiger partial charge in [0.2, 0.25) is 0 Å². The highest BCUT2D eigenvalue weighted by molar-refractivity contribution is 5.83. The van der Waals surface area contributed by atoms with Crippen molar-refractivity contribution in [2.75, 3.05) is 7.11 Å². The lowest BCUT2D eigenvalue weighted by atomic mass is 9.88. The van der Waals surface area contributed by atoms with Crippen molar-refractivity contribution >= 4 is 11.7 Å². The molecule has 0 unspecified atom stereocenters. The third-order valence-electron chi connectivity index (χ3n) is 3.62. The molecule has 1 aliphatic rings. The van der Waals surface area contributed by atoms with Crippen LogP contribution in [0.2, 0.25) is 0 Å². The normalized spacial score (nSPS) is 16.0. The van der Waals surface area contributed by atoms with Crippen molar-refractivity contribution in [1.82, 2.24) is 0 Å². The van der Waals surface area contributed by atoms with Gasteiger partial charge in [-0.05, 0) is 18.9 Å². The van der Waals surface area contributed by atoms with Gasteiger partial charge >= 0.3 is 5.97 Å². The molecule has 0 aromatic heterocycles. The molecule has 0 bridgehead atoms. The molecule has 0 spiro atoms. The van der Waals surface area contributed by atoms with E-state index in [4.69, 9.17) is 9.47 Å². The first-order chi connectivity index (χ1) is 10.0. The Hall–Kier alpha value is -2.62. The second-order valence-electron chi connectivity index (χ2n) is 4.88. The number of ether oxygens (including phenoxy) is 2. The number of esters is 1. The van der Waals surface area contributed by atoms with Crippen molar-refractivity contribution in [2.45, 2.75) is 25.7 Å². The van der Waals surface area contributed by atoms with Gasteiger partial charge in [-0.1, -0.05) is 12.8 Å². The summed E-state index contributed by atoms with van der Waals surface area (Å²) in [6.45, 7) is 0. The number of non-ortho nitro benzene ring substituents is 1.